The Kier molecular flexibility index (Phi) is 5.55. The molecule has 1 unspecified atom stereocenters. The van der Waals surface area contributed by atoms with E-state index in [0.29, 0.717) is 13.0 Å². The molecule has 116 valence electrons. The van der Waals surface area contributed by atoms with Gasteiger partial charge in [0.15, 0.2) is 0 Å². The summed E-state index contributed by atoms with van der Waals surface area (Å²) in [5, 5.41) is 4.04. The summed E-state index contributed by atoms with van der Waals surface area (Å²) in [5.74, 6) is 0. The summed E-state index contributed by atoms with van der Waals surface area (Å²) in [4.78, 5) is 4.49. The topological polar surface area (TPSA) is 34.1 Å². The van der Waals surface area contributed by atoms with Crippen LogP contribution in [0, 0.1) is 0 Å². The number of thiazole rings is 1. The van der Waals surface area contributed by atoms with Crippen molar-refractivity contribution in [3.63, 3.8) is 0 Å². The minimum absolute atomic E-state index is 0.0171. The van der Waals surface area contributed by atoms with Crippen LogP contribution < -0.4 is 5.32 Å². The largest absolute Gasteiger partial charge is 0.411 e. The maximum atomic E-state index is 12.1. The van der Waals surface area contributed by atoms with Crippen molar-refractivity contribution in [3.05, 3.63) is 29.3 Å². The molecule has 0 amide bonds. The molecule has 0 bridgehead atoms. The summed E-state index contributed by atoms with van der Waals surface area (Å²) in [7, 11) is 0. The quantitative estimate of drug-likeness (QED) is 0.849. The Bertz CT molecular complexity index is 538. The van der Waals surface area contributed by atoms with Gasteiger partial charge in [-0.1, -0.05) is 19.1 Å². The molecule has 1 aromatic heterocycles. The monoisotopic (exact) mass is 318 g/mol. The summed E-state index contributed by atoms with van der Waals surface area (Å²) < 4.78 is 42.1. The Morgan fingerprint density at radius 1 is 1.33 bits per heavy atom. The van der Waals surface area contributed by atoms with Crippen molar-refractivity contribution in [2.24, 2.45) is 0 Å². The molecule has 3 nitrogen and oxygen atoms in total. The molecule has 0 aliphatic rings. The minimum Gasteiger partial charge on any atom is -0.370 e. The summed E-state index contributed by atoms with van der Waals surface area (Å²) >= 11 is 1.56. The molecule has 7 heteroatoms. The lowest BCUT2D eigenvalue weighted by molar-refractivity contribution is -0.175. The highest BCUT2D eigenvalue weighted by molar-refractivity contribution is 7.18. The van der Waals surface area contributed by atoms with Gasteiger partial charge in [0.1, 0.15) is 6.61 Å². The average molecular weight is 318 g/mol. The predicted octanol–water partition coefficient (Wildman–Crippen LogP) is 3.40. The second-order valence-electron chi connectivity index (χ2n) is 4.66. The van der Waals surface area contributed by atoms with Crippen LogP contribution in [-0.2, 0) is 11.2 Å². The number of rotatable bonds is 7. The number of aromatic nitrogens is 1. The van der Waals surface area contributed by atoms with Gasteiger partial charge in [-0.25, -0.2) is 4.98 Å². The maximum absolute atomic E-state index is 12.1. The van der Waals surface area contributed by atoms with E-state index < -0.39 is 12.8 Å². The number of nitrogens with one attached hydrogen (secondary N) is 1. The van der Waals surface area contributed by atoms with Crippen LogP contribution in [0.4, 0.5) is 13.2 Å². The smallest absolute Gasteiger partial charge is 0.370 e. The van der Waals surface area contributed by atoms with Crippen LogP contribution in [0.3, 0.4) is 0 Å². The number of fused-ring (bicyclic) bond motifs is 1. The van der Waals surface area contributed by atoms with Crippen molar-refractivity contribution in [2.45, 2.75) is 25.6 Å². The number of hydrogen-bond donors (Lipinski definition) is 1. The van der Waals surface area contributed by atoms with Crippen molar-refractivity contribution in [1.82, 2.24) is 10.3 Å². The molecule has 1 N–H and O–H groups in total. The summed E-state index contributed by atoms with van der Waals surface area (Å²) in [6.07, 6.45) is -3.72. The van der Waals surface area contributed by atoms with Gasteiger partial charge in [0.05, 0.1) is 21.8 Å². The van der Waals surface area contributed by atoms with Gasteiger partial charge in [0, 0.05) is 12.5 Å². The van der Waals surface area contributed by atoms with Crippen LogP contribution in [0.2, 0.25) is 0 Å². The van der Waals surface area contributed by atoms with Gasteiger partial charge in [-0.3, -0.25) is 0 Å². The molecule has 0 aliphatic heterocycles. The third kappa shape index (κ3) is 5.26. The first-order valence-electron chi connectivity index (χ1n) is 6.70. The third-order valence-electron chi connectivity index (χ3n) is 2.84. The lowest BCUT2D eigenvalue weighted by Gasteiger charge is -2.17. The molecule has 0 saturated carbocycles. The first-order valence-corrected chi connectivity index (χ1v) is 7.52. The molecule has 1 heterocycles. The zero-order valence-electron chi connectivity index (χ0n) is 11.6. The summed E-state index contributed by atoms with van der Waals surface area (Å²) in [6, 6.07) is 7.60. The molecule has 0 saturated heterocycles. The van der Waals surface area contributed by atoms with Crippen LogP contribution in [-0.4, -0.2) is 37.0 Å². The molecular formula is C14H17F3N2OS. The van der Waals surface area contributed by atoms with Gasteiger partial charge >= 0.3 is 6.18 Å². The summed E-state index contributed by atoms with van der Waals surface area (Å²) in [6.45, 7) is 1.39. The van der Waals surface area contributed by atoms with Crippen LogP contribution in [0.25, 0.3) is 10.2 Å². The second-order valence-corrected chi connectivity index (χ2v) is 5.78. The van der Waals surface area contributed by atoms with Crippen molar-refractivity contribution in [3.8, 4) is 0 Å². The van der Waals surface area contributed by atoms with Gasteiger partial charge in [0.2, 0.25) is 0 Å². The Hall–Kier alpha value is -1.18. The van der Waals surface area contributed by atoms with Crippen LogP contribution in [0.15, 0.2) is 24.3 Å². The number of halogens is 3. The van der Waals surface area contributed by atoms with Crippen LogP contribution >= 0.6 is 11.3 Å². The number of likely N-dealkylation sites (N-methyl/N-ethyl adjacent to an activating group) is 1. The highest BCUT2D eigenvalue weighted by Crippen LogP contribution is 2.22. The standard InChI is InChI=1S/C14H17F3N2OS/c1-2-18-10(8-20-9-14(15,16)17)7-13-19-11-5-3-4-6-12(11)21-13/h3-6,10,18H,2,7-9H2,1H3. The fraction of sp³-hybridized carbons (Fsp3) is 0.500. The van der Waals surface area contributed by atoms with Crippen molar-refractivity contribution in [2.75, 3.05) is 19.8 Å². The zero-order chi connectivity index (χ0) is 15.3. The van der Waals surface area contributed by atoms with Crippen molar-refractivity contribution >= 4 is 21.6 Å². The number of benzene rings is 1. The zero-order valence-corrected chi connectivity index (χ0v) is 12.4. The van der Waals surface area contributed by atoms with E-state index in [1.165, 1.54) is 0 Å². The van der Waals surface area contributed by atoms with Gasteiger partial charge < -0.3 is 10.1 Å². The molecule has 1 aromatic carbocycles. The molecule has 2 rings (SSSR count). The molecule has 1 atom stereocenters. The fourth-order valence-electron chi connectivity index (χ4n) is 2.01. The number of ether oxygens (including phenoxy) is 1. The minimum atomic E-state index is -4.29. The first kappa shape index (κ1) is 16.2. The lowest BCUT2D eigenvalue weighted by atomic mass is 10.2. The van der Waals surface area contributed by atoms with E-state index in [4.69, 9.17) is 4.74 Å². The van der Waals surface area contributed by atoms with E-state index in [1.54, 1.807) is 11.3 Å². The highest BCUT2D eigenvalue weighted by Gasteiger charge is 2.28. The Labute approximate surface area is 125 Å². The molecule has 0 aliphatic carbocycles. The fourth-order valence-corrected chi connectivity index (χ4v) is 3.06. The molecule has 0 fully saturated rings. The number of para-hydroxylation sites is 1. The van der Waals surface area contributed by atoms with Gasteiger partial charge in [-0.15, -0.1) is 11.3 Å². The van der Waals surface area contributed by atoms with E-state index in [9.17, 15) is 13.2 Å². The normalized spacial score (nSPS) is 13.7. The molecular weight excluding hydrogens is 301 g/mol. The highest BCUT2D eigenvalue weighted by atomic mass is 32.1. The second kappa shape index (κ2) is 7.20. The Morgan fingerprint density at radius 3 is 2.76 bits per heavy atom. The average Bonchev–Trinajstić information content (AvgIpc) is 2.79. The lowest BCUT2D eigenvalue weighted by Crippen LogP contribution is -2.36. The molecule has 21 heavy (non-hydrogen) atoms. The third-order valence-corrected chi connectivity index (χ3v) is 3.90. The number of nitrogens with zero attached hydrogens (tertiary/aromatic N) is 1. The van der Waals surface area contributed by atoms with Crippen LogP contribution in [0.1, 0.15) is 11.9 Å². The molecule has 0 spiro atoms. The van der Waals surface area contributed by atoms with E-state index >= 15 is 0 Å². The van der Waals surface area contributed by atoms with Gasteiger partial charge in [-0.2, -0.15) is 13.2 Å². The number of hydrogen-bond acceptors (Lipinski definition) is 4. The van der Waals surface area contributed by atoms with Gasteiger partial charge in [0.25, 0.3) is 0 Å². The van der Waals surface area contributed by atoms with E-state index in [2.05, 4.69) is 10.3 Å². The molecule has 0 radical (unpaired) electrons. The van der Waals surface area contributed by atoms with E-state index in [-0.39, 0.29) is 12.6 Å². The van der Waals surface area contributed by atoms with Crippen molar-refractivity contribution < 1.29 is 17.9 Å². The Balaban J connectivity index is 1.95. The van der Waals surface area contributed by atoms with Crippen molar-refractivity contribution in [1.29, 1.82) is 0 Å². The van der Waals surface area contributed by atoms with Gasteiger partial charge in [-0.05, 0) is 18.7 Å². The van der Waals surface area contributed by atoms with E-state index in [1.807, 2.05) is 31.2 Å². The Morgan fingerprint density at radius 2 is 2.10 bits per heavy atom. The SMILES string of the molecule is CCNC(COCC(F)(F)F)Cc1nc2ccccc2s1. The number of alkyl halides is 3. The maximum Gasteiger partial charge on any atom is 0.411 e. The van der Waals surface area contributed by atoms with Crippen LogP contribution in [0.5, 0.6) is 0 Å². The first-order chi connectivity index (χ1) is 9.98. The predicted molar refractivity (Wildman–Crippen MR) is 77.7 cm³/mol. The summed E-state index contributed by atoms with van der Waals surface area (Å²) in [5.41, 5.74) is 0.920. The van der Waals surface area contributed by atoms with E-state index in [0.717, 1.165) is 15.2 Å². The molecule has 2 aromatic rings.